The van der Waals surface area contributed by atoms with Crippen LogP contribution in [0.15, 0.2) is 30.3 Å². The van der Waals surface area contributed by atoms with Gasteiger partial charge in [0.05, 0.1) is 7.11 Å². The van der Waals surface area contributed by atoms with Gasteiger partial charge >= 0.3 is 0 Å². The lowest BCUT2D eigenvalue weighted by Gasteiger charge is -2.13. The van der Waals surface area contributed by atoms with Gasteiger partial charge in [-0.05, 0) is 30.2 Å². The first-order valence-corrected chi connectivity index (χ1v) is 6.24. The van der Waals surface area contributed by atoms with Crippen LogP contribution in [-0.4, -0.2) is 31.5 Å². The molecule has 1 rings (SSSR count). The van der Waals surface area contributed by atoms with Gasteiger partial charge in [0.1, 0.15) is 5.75 Å². The van der Waals surface area contributed by atoms with Crippen LogP contribution in [0.3, 0.4) is 0 Å². The molecule has 3 heteroatoms. The van der Waals surface area contributed by atoms with E-state index in [9.17, 15) is 4.79 Å². The van der Waals surface area contributed by atoms with Gasteiger partial charge in [-0.25, -0.2) is 0 Å². The summed E-state index contributed by atoms with van der Waals surface area (Å²) in [7, 11) is 3.46. The molecule has 0 aliphatic rings. The quantitative estimate of drug-likeness (QED) is 0.723. The average Bonchev–Trinajstić information content (AvgIpc) is 2.42. The standard InChI is InChI=1S/C15H21NO2/c1-4-5-11-16(2)15(17)10-9-13-7-6-8-14(12-13)18-3/h6-10,12H,4-5,11H2,1-3H3/b10-9+. The molecular formula is C15H21NO2. The van der Waals surface area contributed by atoms with Crippen LogP contribution in [0.4, 0.5) is 0 Å². The number of hydrogen-bond acceptors (Lipinski definition) is 2. The number of nitrogens with zero attached hydrogens (tertiary/aromatic N) is 1. The molecule has 0 heterocycles. The first kappa shape index (κ1) is 14.3. The highest BCUT2D eigenvalue weighted by Crippen LogP contribution is 2.13. The van der Waals surface area contributed by atoms with Crippen molar-refractivity contribution in [3.63, 3.8) is 0 Å². The normalized spacial score (nSPS) is 10.6. The summed E-state index contributed by atoms with van der Waals surface area (Å²) in [5.41, 5.74) is 0.964. The first-order valence-electron chi connectivity index (χ1n) is 6.24. The van der Waals surface area contributed by atoms with Crippen molar-refractivity contribution in [2.24, 2.45) is 0 Å². The van der Waals surface area contributed by atoms with Gasteiger partial charge in [0.15, 0.2) is 0 Å². The number of hydrogen-bond donors (Lipinski definition) is 0. The van der Waals surface area contributed by atoms with Crippen LogP contribution in [0, 0.1) is 0 Å². The second-order valence-electron chi connectivity index (χ2n) is 4.22. The van der Waals surface area contributed by atoms with Crippen LogP contribution in [0.25, 0.3) is 6.08 Å². The third-order valence-electron chi connectivity index (χ3n) is 2.74. The van der Waals surface area contributed by atoms with Gasteiger partial charge in [-0.3, -0.25) is 4.79 Å². The molecule has 3 nitrogen and oxygen atoms in total. The molecule has 1 amide bonds. The first-order chi connectivity index (χ1) is 8.67. The number of amides is 1. The van der Waals surface area contributed by atoms with Gasteiger partial charge in [-0.2, -0.15) is 0 Å². The second kappa shape index (κ2) is 7.54. The van der Waals surface area contributed by atoms with E-state index >= 15 is 0 Å². The zero-order valence-electron chi connectivity index (χ0n) is 11.3. The zero-order chi connectivity index (χ0) is 13.4. The number of ether oxygens (including phenoxy) is 1. The lowest BCUT2D eigenvalue weighted by atomic mass is 10.2. The summed E-state index contributed by atoms with van der Waals surface area (Å²) in [5, 5.41) is 0. The van der Waals surface area contributed by atoms with E-state index in [1.54, 1.807) is 18.1 Å². The van der Waals surface area contributed by atoms with Crippen molar-refractivity contribution in [2.45, 2.75) is 19.8 Å². The minimum absolute atomic E-state index is 0.0336. The second-order valence-corrected chi connectivity index (χ2v) is 4.22. The summed E-state index contributed by atoms with van der Waals surface area (Å²) < 4.78 is 5.13. The van der Waals surface area contributed by atoms with E-state index in [1.807, 2.05) is 37.4 Å². The Labute approximate surface area is 109 Å². The zero-order valence-corrected chi connectivity index (χ0v) is 11.3. The van der Waals surface area contributed by atoms with Crippen LogP contribution in [0.5, 0.6) is 5.75 Å². The molecule has 0 fully saturated rings. The van der Waals surface area contributed by atoms with Crippen LogP contribution in [-0.2, 0) is 4.79 Å². The number of carbonyl (C=O) groups is 1. The van der Waals surface area contributed by atoms with Gasteiger partial charge < -0.3 is 9.64 Å². The summed E-state index contributed by atoms with van der Waals surface area (Å²) >= 11 is 0. The molecular weight excluding hydrogens is 226 g/mol. The number of unbranched alkanes of at least 4 members (excludes halogenated alkanes) is 1. The number of methoxy groups -OCH3 is 1. The van der Waals surface area contributed by atoms with Crippen molar-refractivity contribution in [2.75, 3.05) is 20.7 Å². The van der Waals surface area contributed by atoms with E-state index in [-0.39, 0.29) is 5.91 Å². The van der Waals surface area contributed by atoms with Crippen LogP contribution in [0.2, 0.25) is 0 Å². The molecule has 1 aromatic carbocycles. The predicted molar refractivity (Wildman–Crippen MR) is 74.6 cm³/mol. The Balaban J connectivity index is 2.59. The maximum Gasteiger partial charge on any atom is 0.246 e. The molecule has 0 spiro atoms. The van der Waals surface area contributed by atoms with Crippen molar-refractivity contribution in [3.05, 3.63) is 35.9 Å². The van der Waals surface area contributed by atoms with Crippen molar-refractivity contribution >= 4 is 12.0 Å². The highest BCUT2D eigenvalue weighted by molar-refractivity contribution is 5.91. The lowest BCUT2D eigenvalue weighted by Crippen LogP contribution is -2.25. The number of carbonyl (C=O) groups excluding carboxylic acids is 1. The Kier molecular flexibility index (Phi) is 5.98. The Morgan fingerprint density at radius 1 is 1.44 bits per heavy atom. The minimum Gasteiger partial charge on any atom is -0.497 e. The Morgan fingerprint density at radius 2 is 2.22 bits per heavy atom. The third kappa shape index (κ3) is 4.62. The van der Waals surface area contributed by atoms with Crippen LogP contribution >= 0.6 is 0 Å². The van der Waals surface area contributed by atoms with Crippen molar-refractivity contribution in [1.29, 1.82) is 0 Å². The maximum absolute atomic E-state index is 11.8. The highest BCUT2D eigenvalue weighted by atomic mass is 16.5. The van der Waals surface area contributed by atoms with E-state index in [2.05, 4.69) is 6.92 Å². The molecule has 0 aliphatic heterocycles. The van der Waals surface area contributed by atoms with Gasteiger partial charge in [-0.15, -0.1) is 0 Å². The summed E-state index contributed by atoms with van der Waals surface area (Å²) in [5.74, 6) is 0.829. The third-order valence-corrected chi connectivity index (χ3v) is 2.74. The topological polar surface area (TPSA) is 29.5 Å². The minimum atomic E-state index is 0.0336. The highest BCUT2D eigenvalue weighted by Gasteiger charge is 2.03. The largest absolute Gasteiger partial charge is 0.497 e. The summed E-state index contributed by atoms with van der Waals surface area (Å²) in [4.78, 5) is 13.5. The molecule has 0 N–H and O–H groups in total. The number of likely N-dealkylation sites (N-methyl/N-ethyl adjacent to an activating group) is 1. The molecule has 0 radical (unpaired) electrons. The average molecular weight is 247 g/mol. The van der Waals surface area contributed by atoms with Crippen molar-refractivity contribution < 1.29 is 9.53 Å². The molecule has 0 saturated carbocycles. The molecule has 0 saturated heterocycles. The number of rotatable bonds is 6. The van der Waals surface area contributed by atoms with Crippen LogP contribution in [0.1, 0.15) is 25.3 Å². The molecule has 0 atom stereocenters. The fourth-order valence-corrected chi connectivity index (χ4v) is 1.55. The fourth-order valence-electron chi connectivity index (χ4n) is 1.55. The van der Waals surface area contributed by atoms with E-state index < -0.39 is 0 Å². The van der Waals surface area contributed by atoms with Crippen LogP contribution < -0.4 is 4.74 Å². The SMILES string of the molecule is CCCCN(C)C(=O)/C=C/c1cccc(OC)c1. The molecule has 98 valence electrons. The van der Waals surface area contributed by atoms with Gasteiger partial charge in [0.25, 0.3) is 0 Å². The maximum atomic E-state index is 11.8. The predicted octanol–water partition coefficient (Wildman–Crippen LogP) is 2.97. The Bertz CT molecular complexity index is 413. The summed E-state index contributed by atoms with van der Waals surface area (Å²) in [6.45, 7) is 2.92. The smallest absolute Gasteiger partial charge is 0.246 e. The van der Waals surface area contributed by atoms with E-state index in [0.717, 1.165) is 30.7 Å². The lowest BCUT2D eigenvalue weighted by molar-refractivity contribution is -0.124. The van der Waals surface area contributed by atoms with Crippen molar-refractivity contribution in [1.82, 2.24) is 4.90 Å². The molecule has 1 aromatic rings. The molecule has 0 bridgehead atoms. The molecule has 0 aliphatic carbocycles. The van der Waals surface area contributed by atoms with E-state index in [0.29, 0.717) is 0 Å². The van der Waals surface area contributed by atoms with Gasteiger partial charge in [0.2, 0.25) is 5.91 Å². The number of benzene rings is 1. The summed E-state index contributed by atoms with van der Waals surface area (Å²) in [6, 6.07) is 7.63. The monoisotopic (exact) mass is 247 g/mol. The Morgan fingerprint density at radius 3 is 2.89 bits per heavy atom. The molecule has 0 unspecified atom stereocenters. The van der Waals surface area contributed by atoms with Gasteiger partial charge in [0, 0.05) is 19.7 Å². The fraction of sp³-hybridized carbons (Fsp3) is 0.400. The van der Waals surface area contributed by atoms with E-state index in [1.165, 1.54) is 0 Å². The molecule has 0 aromatic heterocycles. The van der Waals surface area contributed by atoms with E-state index in [4.69, 9.17) is 4.74 Å². The van der Waals surface area contributed by atoms with Gasteiger partial charge in [-0.1, -0.05) is 25.5 Å². The Hall–Kier alpha value is -1.77. The molecule has 18 heavy (non-hydrogen) atoms. The summed E-state index contributed by atoms with van der Waals surface area (Å²) in [6.07, 6.45) is 5.55. The van der Waals surface area contributed by atoms with Crippen molar-refractivity contribution in [3.8, 4) is 5.75 Å².